The van der Waals surface area contributed by atoms with Gasteiger partial charge in [-0.05, 0) is 23.8 Å². The molecule has 9 heteroatoms. The van der Waals surface area contributed by atoms with Gasteiger partial charge in [-0.15, -0.1) is 0 Å². The predicted octanol–water partition coefficient (Wildman–Crippen LogP) is 1.78. The summed E-state index contributed by atoms with van der Waals surface area (Å²) in [7, 11) is 0. The summed E-state index contributed by atoms with van der Waals surface area (Å²) < 4.78 is 5.12. The van der Waals surface area contributed by atoms with E-state index < -0.39 is 16.9 Å². The minimum atomic E-state index is -0.572. The number of hydrogen-bond acceptors (Lipinski definition) is 5. The van der Waals surface area contributed by atoms with Crippen molar-refractivity contribution in [2.24, 2.45) is 5.73 Å². The van der Waals surface area contributed by atoms with Crippen LogP contribution in [0.1, 0.15) is 5.56 Å². The lowest BCUT2D eigenvalue weighted by atomic mass is 10.2. The number of amides is 3. The number of nitro benzene ring substituents is 1. The summed E-state index contributed by atoms with van der Waals surface area (Å²) in [6, 6.07) is 12.0. The van der Waals surface area contributed by atoms with Gasteiger partial charge in [0.15, 0.2) is 6.61 Å². The first-order chi connectivity index (χ1) is 12.0. The normalized spacial score (nSPS) is 9.92. The Balaban J connectivity index is 1.88. The van der Waals surface area contributed by atoms with Gasteiger partial charge in [0.2, 0.25) is 0 Å². The largest absolute Gasteiger partial charge is 0.484 e. The van der Waals surface area contributed by atoms with E-state index in [1.54, 1.807) is 30.3 Å². The van der Waals surface area contributed by atoms with Crippen LogP contribution in [0.5, 0.6) is 5.75 Å². The lowest BCUT2D eigenvalue weighted by molar-refractivity contribution is -0.383. The third-order valence-corrected chi connectivity index (χ3v) is 3.11. The van der Waals surface area contributed by atoms with Crippen molar-refractivity contribution in [3.8, 4) is 5.75 Å². The highest BCUT2D eigenvalue weighted by Gasteiger charge is 2.14. The highest BCUT2D eigenvalue weighted by atomic mass is 16.6. The molecule has 0 fully saturated rings. The van der Waals surface area contributed by atoms with Crippen LogP contribution in [0.15, 0.2) is 48.5 Å². The highest BCUT2D eigenvalue weighted by Crippen LogP contribution is 2.22. The van der Waals surface area contributed by atoms with Gasteiger partial charge in [-0.2, -0.15) is 0 Å². The molecule has 0 saturated heterocycles. The lowest BCUT2D eigenvalue weighted by Crippen LogP contribution is -2.28. The monoisotopic (exact) mass is 344 g/mol. The van der Waals surface area contributed by atoms with E-state index in [2.05, 4.69) is 10.6 Å². The average molecular weight is 344 g/mol. The van der Waals surface area contributed by atoms with E-state index in [1.807, 2.05) is 0 Å². The van der Waals surface area contributed by atoms with E-state index in [1.165, 1.54) is 18.2 Å². The number of nitro groups is 1. The Bertz CT molecular complexity index is 776. The number of nitrogens with two attached hydrogens (primary N) is 1. The van der Waals surface area contributed by atoms with Crippen molar-refractivity contribution >= 4 is 23.3 Å². The molecule has 0 aliphatic carbocycles. The predicted molar refractivity (Wildman–Crippen MR) is 90.1 cm³/mol. The van der Waals surface area contributed by atoms with Crippen molar-refractivity contribution in [1.82, 2.24) is 5.32 Å². The number of carbonyl (C=O) groups is 2. The molecule has 130 valence electrons. The Labute approximate surface area is 142 Å². The van der Waals surface area contributed by atoms with Crippen molar-refractivity contribution in [1.29, 1.82) is 0 Å². The Morgan fingerprint density at radius 2 is 1.80 bits per heavy atom. The summed E-state index contributed by atoms with van der Waals surface area (Å²) in [5.74, 6) is -0.0932. The van der Waals surface area contributed by atoms with Gasteiger partial charge in [0.25, 0.3) is 11.6 Å². The van der Waals surface area contributed by atoms with Gasteiger partial charge in [0.1, 0.15) is 11.4 Å². The van der Waals surface area contributed by atoms with Gasteiger partial charge in [-0.25, -0.2) is 4.79 Å². The van der Waals surface area contributed by atoms with Crippen LogP contribution in [0.2, 0.25) is 0 Å². The van der Waals surface area contributed by atoms with Crippen LogP contribution in [-0.2, 0) is 11.3 Å². The van der Waals surface area contributed by atoms with Gasteiger partial charge in [-0.1, -0.05) is 24.3 Å². The molecule has 0 aliphatic heterocycles. The molecule has 0 radical (unpaired) electrons. The number of rotatable bonds is 7. The minimum Gasteiger partial charge on any atom is -0.484 e. The van der Waals surface area contributed by atoms with Crippen LogP contribution in [0.4, 0.5) is 16.2 Å². The summed E-state index contributed by atoms with van der Waals surface area (Å²) in [6.45, 7) is -0.00157. The number of benzene rings is 2. The van der Waals surface area contributed by atoms with E-state index in [-0.39, 0.29) is 24.5 Å². The van der Waals surface area contributed by atoms with Gasteiger partial charge < -0.3 is 21.1 Å². The number of primary amides is 1. The molecule has 0 heterocycles. The van der Waals surface area contributed by atoms with E-state index in [0.717, 1.165) is 5.56 Å². The fourth-order valence-electron chi connectivity index (χ4n) is 1.95. The molecule has 0 unspecified atom stereocenters. The third-order valence-electron chi connectivity index (χ3n) is 3.11. The first-order valence-corrected chi connectivity index (χ1v) is 7.24. The molecular weight excluding hydrogens is 328 g/mol. The third kappa shape index (κ3) is 5.50. The topological polar surface area (TPSA) is 137 Å². The van der Waals surface area contributed by atoms with Crippen LogP contribution in [0, 0.1) is 10.1 Å². The molecule has 2 rings (SSSR count). The summed E-state index contributed by atoms with van der Waals surface area (Å²) >= 11 is 0. The second-order valence-corrected chi connectivity index (χ2v) is 4.98. The highest BCUT2D eigenvalue weighted by molar-refractivity contribution is 5.91. The number of ether oxygens (including phenoxy) is 1. The molecular formula is C16H16N4O5. The maximum Gasteiger partial charge on any atom is 0.319 e. The number of anilines is 1. The summed E-state index contributed by atoms with van der Waals surface area (Å²) in [6.07, 6.45) is 0. The maximum atomic E-state index is 11.9. The van der Waals surface area contributed by atoms with Crippen molar-refractivity contribution in [3.63, 3.8) is 0 Å². The molecule has 0 saturated carbocycles. The summed E-state index contributed by atoms with van der Waals surface area (Å²) in [5, 5.41) is 15.9. The van der Waals surface area contributed by atoms with E-state index in [4.69, 9.17) is 10.5 Å². The first-order valence-electron chi connectivity index (χ1n) is 7.24. The zero-order valence-electron chi connectivity index (χ0n) is 13.1. The molecule has 4 N–H and O–H groups in total. The van der Waals surface area contributed by atoms with E-state index in [9.17, 15) is 19.7 Å². The maximum absolute atomic E-state index is 11.9. The molecule has 0 bridgehead atoms. The molecule has 25 heavy (non-hydrogen) atoms. The van der Waals surface area contributed by atoms with Gasteiger partial charge in [0.05, 0.1) is 4.92 Å². The fourth-order valence-corrected chi connectivity index (χ4v) is 1.95. The number of nitrogens with zero attached hydrogens (tertiary/aromatic N) is 1. The van der Waals surface area contributed by atoms with Crippen molar-refractivity contribution in [3.05, 3.63) is 64.2 Å². The SMILES string of the molecule is NC(=O)COc1ccc(CNC(=O)Nc2ccccc2[N+](=O)[O-])cc1. The number of para-hydroxylation sites is 2. The Hall–Kier alpha value is -3.62. The van der Waals surface area contributed by atoms with Crippen LogP contribution in [0.25, 0.3) is 0 Å². The van der Waals surface area contributed by atoms with Crippen LogP contribution in [0.3, 0.4) is 0 Å². The van der Waals surface area contributed by atoms with Crippen molar-refractivity contribution < 1.29 is 19.2 Å². The number of urea groups is 1. The van der Waals surface area contributed by atoms with Gasteiger partial charge in [-0.3, -0.25) is 14.9 Å². The summed E-state index contributed by atoms with van der Waals surface area (Å²) in [5.41, 5.74) is 5.69. The van der Waals surface area contributed by atoms with Crippen LogP contribution >= 0.6 is 0 Å². The molecule has 0 atom stereocenters. The Morgan fingerprint density at radius 3 is 2.44 bits per heavy atom. The molecule has 0 aliphatic rings. The number of carbonyl (C=O) groups excluding carboxylic acids is 2. The van der Waals surface area contributed by atoms with E-state index in [0.29, 0.717) is 5.75 Å². The smallest absolute Gasteiger partial charge is 0.319 e. The average Bonchev–Trinajstić information content (AvgIpc) is 2.59. The second kappa shape index (κ2) is 8.29. The van der Waals surface area contributed by atoms with Crippen molar-refractivity contribution in [2.75, 3.05) is 11.9 Å². The fraction of sp³-hybridized carbons (Fsp3) is 0.125. The number of hydrogen-bond donors (Lipinski definition) is 3. The quantitative estimate of drug-likeness (QED) is 0.519. The van der Waals surface area contributed by atoms with Crippen LogP contribution in [-0.4, -0.2) is 23.5 Å². The van der Waals surface area contributed by atoms with Gasteiger partial charge in [0, 0.05) is 12.6 Å². The van der Waals surface area contributed by atoms with Gasteiger partial charge >= 0.3 is 6.03 Å². The van der Waals surface area contributed by atoms with Crippen LogP contribution < -0.4 is 21.1 Å². The van der Waals surface area contributed by atoms with E-state index >= 15 is 0 Å². The zero-order valence-corrected chi connectivity index (χ0v) is 13.1. The molecule has 9 nitrogen and oxygen atoms in total. The Morgan fingerprint density at radius 1 is 1.12 bits per heavy atom. The molecule has 2 aromatic carbocycles. The zero-order chi connectivity index (χ0) is 18.2. The minimum absolute atomic E-state index is 0.111. The summed E-state index contributed by atoms with van der Waals surface area (Å²) in [4.78, 5) is 32.9. The molecule has 3 amide bonds. The number of nitrogens with one attached hydrogen (secondary N) is 2. The second-order valence-electron chi connectivity index (χ2n) is 4.98. The first kappa shape index (κ1) is 17.7. The lowest BCUT2D eigenvalue weighted by Gasteiger charge is -2.09. The molecule has 2 aromatic rings. The molecule has 0 spiro atoms. The standard InChI is InChI=1S/C16H16N4O5/c17-15(21)10-25-12-7-5-11(6-8-12)9-18-16(22)19-13-3-1-2-4-14(13)20(23)24/h1-8H,9-10H2,(H2,17,21)(H2,18,19,22). The molecule has 0 aromatic heterocycles. The van der Waals surface area contributed by atoms with Crippen molar-refractivity contribution in [2.45, 2.75) is 6.54 Å². The Kier molecular flexibility index (Phi) is 5.88.